The first-order valence-electron chi connectivity index (χ1n) is 5.78. The molecule has 2 fully saturated rings. The van der Waals surface area contributed by atoms with Gasteiger partial charge in [0.1, 0.15) is 0 Å². The van der Waals surface area contributed by atoms with Gasteiger partial charge >= 0.3 is 0 Å². The van der Waals surface area contributed by atoms with Crippen molar-refractivity contribution in [2.24, 2.45) is 11.1 Å². The molecule has 0 aliphatic carbocycles. The standard InChI is InChI=1S/C11H22N2O/c1-10-2-3-11(8-14-10)4-6-13(9-12)7-5-11/h10H,2-9,12H2,1H3. The minimum Gasteiger partial charge on any atom is -0.378 e. The highest BCUT2D eigenvalue weighted by Gasteiger charge is 2.37. The Balaban J connectivity index is 1.86. The summed E-state index contributed by atoms with van der Waals surface area (Å²) < 4.78 is 5.79. The summed E-state index contributed by atoms with van der Waals surface area (Å²) in [6.45, 7) is 6.20. The number of hydrogen-bond donors (Lipinski definition) is 1. The number of nitrogens with zero attached hydrogens (tertiary/aromatic N) is 1. The van der Waals surface area contributed by atoms with Crippen LogP contribution in [0.25, 0.3) is 0 Å². The summed E-state index contributed by atoms with van der Waals surface area (Å²) in [6, 6.07) is 0. The molecule has 0 radical (unpaired) electrons. The third-order valence-electron chi connectivity index (χ3n) is 3.93. The largest absolute Gasteiger partial charge is 0.378 e. The number of nitrogens with two attached hydrogens (primary N) is 1. The van der Waals surface area contributed by atoms with E-state index in [-0.39, 0.29) is 0 Å². The van der Waals surface area contributed by atoms with E-state index in [1.54, 1.807) is 0 Å². The first-order valence-corrected chi connectivity index (χ1v) is 5.78. The molecule has 1 unspecified atom stereocenters. The van der Waals surface area contributed by atoms with Crippen molar-refractivity contribution in [3.63, 3.8) is 0 Å². The highest BCUT2D eigenvalue weighted by molar-refractivity contribution is 4.88. The minimum atomic E-state index is 0.480. The summed E-state index contributed by atoms with van der Waals surface area (Å²) in [5.74, 6) is 0. The highest BCUT2D eigenvalue weighted by atomic mass is 16.5. The average Bonchev–Trinajstić information content (AvgIpc) is 2.24. The molecule has 0 saturated carbocycles. The zero-order valence-electron chi connectivity index (χ0n) is 9.17. The SMILES string of the molecule is CC1CCC2(CCN(CN)CC2)CO1. The van der Waals surface area contributed by atoms with Gasteiger partial charge in [0.2, 0.25) is 0 Å². The van der Waals surface area contributed by atoms with E-state index in [0.29, 0.717) is 18.2 Å². The topological polar surface area (TPSA) is 38.5 Å². The molecule has 0 amide bonds. The fraction of sp³-hybridized carbons (Fsp3) is 1.00. The minimum absolute atomic E-state index is 0.480. The van der Waals surface area contributed by atoms with Gasteiger partial charge in [-0.25, -0.2) is 0 Å². The van der Waals surface area contributed by atoms with Crippen LogP contribution in [0.1, 0.15) is 32.6 Å². The molecule has 2 aliphatic heterocycles. The number of hydrogen-bond acceptors (Lipinski definition) is 3. The highest BCUT2D eigenvalue weighted by Crippen LogP contribution is 2.40. The van der Waals surface area contributed by atoms with Crippen molar-refractivity contribution in [1.29, 1.82) is 0 Å². The molecule has 14 heavy (non-hydrogen) atoms. The zero-order chi connectivity index (χ0) is 10.0. The van der Waals surface area contributed by atoms with Crippen molar-refractivity contribution in [1.82, 2.24) is 4.90 Å². The van der Waals surface area contributed by atoms with Crippen molar-refractivity contribution in [3.05, 3.63) is 0 Å². The molecule has 1 spiro atoms. The molecule has 0 aromatic heterocycles. The Labute approximate surface area is 86.6 Å². The van der Waals surface area contributed by atoms with Gasteiger partial charge in [-0.1, -0.05) is 0 Å². The van der Waals surface area contributed by atoms with E-state index in [0.717, 1.165) is 19.7 Å². The van der Waals surface area contributed by atoms with Crippen molar-refractivity contribution in [2.75, 3.05) is 26.4 Å². The van der Waals surface area contributed by atoms with Crippen molar-refractivity contribution < 1.29 is 4.74 Å². The third kappa shape index (κ3) is 2.10. The van der Waals surface area contributed by atoms with E-state index in [9.17, 15) is 0 Å². The van der Waals surface area contributed by atoms with Crippen molar-refractivity contribution in [3.8, 4) is 0 Å². The van der Waals surface area contributed by atoms with E-state index in [2.05, 4.69) is 11.8 Å². The molecule has 2 rings (SSSR count). The second-order valence-electron chi connectivity index (χ2n) is 4.96. The maximum atomic E-state index is 5.79. The molecular weight excluding hydrogens is 176 g/mol. The van der Waals surface area contributed by atoms with Gasteiger partial charge < -0.3 is 10.5 Å². The normalized spacial score (nSPS) is 33.4. The molecule has 2 N–H and O–H groups in total. The Hall–Kier alpha value is -0.120. The summed E-state index contributed by atoms with van der Waals surface area (Å²) in [5, 5.41) is 0. The predicted molar refractivity (Wildman–Crippen MR) is 56.9 cm³/mol. The van der Waals surface area contributed by atoms with Crippen LogP contribution in [-0.4, -0.2) is 37.4 Å². The molecular formula is C11H22N2O. The quantitative estimate of drug-likeness (QED) is 0.687. The van der Waals surface area contributed by atoms with Crippen LogP contribution in [0.5, 0.6) is 0 Å². The third-order valence-corrected chi connectivity index (χ3v) is 3.93. The van der Waals surface area contributed by atoms with Gasteiger partial charge in [0.15, 0.2) is 0 Å². The molecule has 0 bridgehead atoms. The Kier molecular flexibility index (Phi) is 3.10. The summed E-state index contributed by atoms with van der Waals surface area (Å²) in [6.07, 6.45) is 5.62. The first kappa shape index (κ1) is 10.4. The zero-order valence-corrected chi connectivity index (χ0v) is 9.17. The van der Waals surface area contributed by atoms with Crippen LogP contribution in [0.15, 0.2) is 0 Å². The Morgan fingerprint density at radius 2 is 2.07 bits per heavy atom. The first-order chi connectivity index (χ1) is 6.74. The van der Waals surface area contributed by atoms with Gasteiger partial charge in [0.25, 0.3) is 0 Å². The Bertz CT molecular complexity index is 178. The van der Waals surface area contributed by atoms with Crippen LogP contribution in [0.4, 0.5) is 0 Å². The summed E-state index contributed by atoms with van der Waals surface area (Å²) >= 11 is 0. The van der Waals surface area contributed by atoms with E-state index in [1.807, 2.05) is 0 Å². The fourth-order valence-corrected chi connectivity index (χ4v) is 2.59. The van der Waals surface area contributed by atoms with E-state index >= 15 is 0 Å². The van der Waals surface area contributed by atoms with Gasteiger partial charge in [-0.3, -0.25) is 4.90 Å². The molecule has 0 aromatic rings. The fourth-order valence-electron chi connectivity index (χ4n) is 2.59. The number of piperidine rings is 1. The van der Waals surface area contributed by atoms with Crippen LogP contribution in [0.3, 0.4) is 0 Å². The van der Waals surface area contributed by atoms with Crippen LogP contribution < -0.4 is 5.73 Å². The van der Waals surface area contributed by atoms with Gasteiger partial charge in [-0.05, 0) is 51.1 Å². The predicted octanol–water partition coefficient (Wildman–Crippen LogP) is 1.18. The summed E-state index contributed by atoms with van der Waals surface area (Å²) in [5.41, 5.74) is 6.14. The second kappa shape index (κ2) is 4.17. The van der Waals surface area contributed by atoms with Gasteiger partial charge in [-0.15, -0.1) is 0 Å². The molecule has 0 aromatic carbocycles. The molecule has 3 heteroatoms. The molecule has 2 heterocycles. The van der Waals surface area contributed by atoms with Crippen molar-refractivity contribution in [2.45, 2.75) is 38.7 Å². The van der Waals surface area contributed by atoms with E-state index in [4.69, 9.17) is 10.5 Å². The van der Waals surface area contributed by atoms with Crippen LogP contribution in [0.2, 0.25) is 0 Å². The lowest BCUT2D eigenvalue weighted by molar-refractivity contribution is -0.0786. The van der Waals surface area contributed by atoms with E-state index in [1.165, 1.54) is 25.7 Å². The van der Waals surface area contributed by atoms with Crippen LogP contribution in [-0.2, 0) is 4.74 Å². The van der Waals surface area contributed by atoms with E-state index < -0.39 is 0 Å². The smallest absolute Gasteiger partial charge is 0.0547 e. The average molecular weight is 198 g/mol. The maximum absolute atomic E-state index is 5.79. The van der Waals surface area contributed by atoms with Crippen LogP contribution in [0, 0.1) is 5.41 Å². The molecule has 82 valence electrons. The number of likely N-dealkylation sites (tertiary alicyclic amines) is 1. The van der Waals surface area contributed by atoms with Crippen LogP contribution >= 0.6 is 0 Å². The number of rotatable bonds is 1. The van der Waals surface area contributed by atoms with Crippen molar-refractivity contribution >= 4 is 0 Å². The summed E-state index contributed by atoms with van der Waals surface area (Å²) in [7, 11) is 0. The molecule has 2 saturated heterocycles. The Morgan fingerprint density at radius 1 is 1.36 bits per heavy atom. The Morgan fingerprint density at radius 3 is 2.57 bits per heavy atom. The summed E-state index contributed by atoms with van der Waals surface area (Å²) in [4.78, 5) is 2.34. The molecule has 3 nitrogen and oxygen atoms in total. The number of ether oxygens (including phenoxy) is 1. The van der Waals surface area contributed by atoms with Gasteiger partial charge in [-0.2, -0.15) is 0 Å². The monoisotopic (exact) mass is 198 g/mol. The molecule has 1 atom stereocenters. The second-order valence-corrected chi connectivity index (χ2v) is 4.96. The lowest BCUT2D eigenvalue weighted by Crippen LogP contribution is -2.46. The lowest BCUT2D eigenvalue weighted by Gasteiger charge is -2.45. The van der Waals surface area contributed by atoms with Gasteiger partial charge in [0.05, 0.1) is 12.7 Å². The lowest BCUT2D eigenvalue weighted by atomic mass is 9.74. The maximum Gasteiger partial charge on any atom is 0.0547 e. The van der Waals surface area contributed by atoms with Gasteiger partial charge in [0, 0.05) is 6.67 Å². The molecule has 2 aliphatic rings.